The summed E-state index contributed by atoms with van der Waals surface area (Å²) in [5.74, 6) is 1.28. The normalized spacial score (nSPS) is 10.1. The summed E-state index contributed by atoms with van der Waals surface area (Å²) in [7, 11) is 3.43. The summed E-state index contributed by atoms with van der Waals surface area (Å²) in [6.45, 7) is 0. The number of rotatable bonds is 5. The molecule has 0 unspecified atom stereocenters. The van der Waals surface area contributed by atoms with Gasteiger partial charge in [0.1, 0.15) is 5.75 Å². The quantitative estimate of drug-likeness (QED) is 0.789. The number of benzene rings is 2. The van der Waals surface area contributed by atoms with Crippen molar-refractivity contribution in [2.24, 2.45) is 0 Å². The van der Waals surface area contributed by atoms with Crippen LogP contribution in [0, 0.1) is 0 Å². The van der Waals surface area contributed by atoms with Gasteiger partial charge in [-0.1, -0.05) is 24.3 Å². The number of amides is 1. The molecule has 1 amide bonds. The molecular weight excluding hydrogens is 270 g/mol. The van der Waals surface area contributed by atoms with E-state index in [9.17, 15) is 4.79 Å². The minimum absolute atomic E-state index is 0.0732. The molecule has 2 aromatic rings. The van der Waals surface area contributed by atoms with Gasteiger partial charge in [0, 0.05) is 17.6 Å². The Bertz CT molecular complexity index is 572. The number of para-hydroxylation sites is 1. The summed E-state index contributed by atoms with van der Waals surface area (Å²) in [6.07, 6.45) is 0. The topological polar surface area (TPSA) is 29.5 Å². The van der Waals surface area contributed by atoms with E-state index in [1.165, 1.54) is 11.8 Å². The van der Waals surface area contributed by atoms with Gasteiger partial charge in [0.05, 0.1) is 12.9 Å². The Morgan fingerprint density at radius 1 is 1.15 bits per heavy atom. The summed E-state index contributed by atoms with van der Waals surface area (Å²) in [5.41, 5.74) is 0.906. The van der Waals surface area contributed by atoms with Gasteiger partial charge in [-0.2, -0.15) is 0 Å². The molecule has 0 saturated carbocycles. The maximum absolute atomic E-state index is 12.1. The van der Waals surface area contributed by atoms with E-state index in [4.69, 9.17) is 4.74 Å². The van der Waals surface area contributed by atoms with Gasteiger partial charge in [0.2, 0.25) is 5.91 Å². The van der Waals surface area contributed by atoms with Gasteiger partial charge < -0.3 is 9.64 Å². The first-order chi connectivity index (χ1) is 9.70. The minimum Gasteiger partial charge on any atom is -0.497 e. The monoisotopic (exact) mass is 287 g/mol. The second-order valence-electron chi connectivity index (χ2n) is 4.26. The maximum Gasteiger partial charge on any atom is 0.237 e. The van der Waals surface area contributed by atoms with E-state index < -0.39 is 0 Å². The Kier molecular flexibility index (Phi) is 5.07. The third kappa shape index (κ3) is 3.78. The molecule has 0 atom stereocenters. The van der Waals surface area contributed by atoms with Crippen molar-refractivity contribution in [3.8, 4) is 5.75 Å². The van der Waals surface area contributed by atoms with Gasteiger partial charge in [-0.25, -0.2) is 0 Å². The number of hydrogen-bond donors (Lipinski definition) is 0. The molecule has 2 aromatic carbocycles. The van der Waals surface area contributed by atoms with Crippen LogP contribution < -0.4 is 9.64 Å². The summed E-state index contributed by atoms with van der Waals surface area (Å²) < 4.78 is 5.17. The number of thioether (sulfide) groups is 1. The molecule has 0 radical (unpaired) electrons. The van der Waals surface area contributed by atoms with Crippen LogP contribution in [0.1, 0.15) is 0 Å². The van der Waals surface area contributed by atoms with Crippen LogP contribution in [-0.2, 0) is 4.79 Å². The third-order valence-electron chi connectivity index (χ3n) is 2.92. The Balaban J connectivity index is 1.95. The Morgan fingerprint density at radius 2 is 1.90 bits per heavy atom. The molecule has 0 aliphatic heterocycles. The van der Waals surface area contributed by atoms with E-state index in [0.29, 0.717) is 5.75 Å². The molecule has 0 saturated heterocycles. The fourth-order valence-electron chi connectivity index (χ4n) is 1.73. The van der Waals surface area contributed by atoms with Gasteiger partial charge in [-0.05, 0) is 30.3 Å². The highest BCUT2D eigenvalue weighted by atomic mass is 32.2. The van der Waals surface area contributed by atoms with Crippen LogP contribution in [0.15, 0.2) is 59.5 Å². The van der Waals surface area contributed by atoms with Crippen molar-refractivity contribution in [3.63, 3.8) is 0 Å². The lowest BCUT2D eigenvalue weighted by molar-refractivity contribution is -0.115. The number of ether oxygens (including phenoxy) is 1. The van der Waals surface area contributed by atoms with E-state index in [2.05, 4.69) is 0 Å². The summed E-state index contributed by atoms with van der Waals surface area (Å²) >= 11 is 1.51. The second-order valence-corrected chi connectivity index (χ2v) is 5.30. The average Bonchev–Trinajstić information content (AvgIpc) is 2.53. The molecule has 0 spiro atoms. The van der Waals surface area contributed by atoms with Gasteiger partial charge in [-0.15, -0.1) is 11.8 Å². The predicted molar refractivity (Wildman–Crippen MR) is 83.6 cm³/mol. The lowest BCUT2D eigenvalue weighted by Crippen LogP contribution is -2.27. The molecule has 3 nitrogen and oxygen atoms in total. The Morgan fingerprint density at radius 3 is 2.60 bits per heavy atom. The number of nitrogens with zero attached hydrogens (tertiary/aromatic N) is 1. The Hall–Kier alpha value is -1.94. The first-order valence-corrected chi connectivity index (χ1v) is 7.27. The largest absolute Gasteiger partial charge is 0.497 e. The lowest BCUT2D eigenvalue weighted by atomic mass is 10.3. The van der Waals surface area contributed by atoms with Crippen molar-refractivity contribution < 1.29 is 9.53 Å². The third-order valence-corrected chi connectivity index (χ3v) is 3.90. The molecular formula is C16H17NO2S. The zero-order chi connectivity index (χ0) is 14.4. The second kappa shape index (κ2) is 7.01. The molecule has 0 N–H and O–H groups in total. The smallest absolute Gasteiger partial charge is 0.237 e. The molecule has 0 aliphatic carbocycles. The summed E-state index contributed by atoms with van der Waals surface area (Å²) in [6, 6.07) is 17.4. The van der Waals surface area contributed by atoms with Gasteiger partial charge in [0.25, 0.3) is 0 Å². The predicted octanol–water partition coefficient (Wildman–Crippen LogP) is 3.45. The molecule has 0 fully saturated rings. The molecule has 0 heterocycles. The van der Waals surface area contributed by atoms with Crippen molar-refractivity contribution in [2.45, 2.75) is 4.90 Å². The van der Waals surface area contributed by atoms with Gasteiger partial charge >= 0.3 is 0 Å². The fourth-order valence-corrected chi connectivity index (χ4v) is 2.59. The van der Waals surface area contributed by atoms with Crippen LogP contribution in [0.3, 0.4) is 0 Å². The molecule has 0 aliphatic rings. The maximum atomic E-state index is 12.1. The van der Waals surface area contributed by atoms with Crippen molar-refractivity contribution in [1.29, 1.82) is 0 Å². The molecule has 0 aromatic heterocycles. The molecule has 4 heteroatoms. The average molecular weight is 287 g/mol. The van der Waals surface area contributed by atoms with E-state index in [0.717, 1.165) is 16.3 Å². The van der Waals surface area contributed by atoms with Crippen LogP contribution in [0.2, 0.25) is 0 Å². The van der Waals surface area contributed by atoms with Gasteiger partial charge in [0.15, 0.2) is 0 Å². The minimum atomic E-state index is 0.0732. The Labute approximate surface area is 123 Å². The SMILES string of the molecule is COc1cccc(SCC(=O)N(C)c2ccccc2)c1. The van der Waals surface area contributed by atoms with E-state index in [1.807, 2.05) is 54.6 Å². The lowest BCUT2D eigenvalue weighted by Gasteiger charge is -2.17. The highest BCUT2D eigenvalue weighted by molar-refractivity contribution is 8.00. The fraction of sp³-hybridized carbons (Fsp3) is 0.188. The summed E-state index contributed by atoms with van der Waals surface area (Å²) in [5, 5.41) is 0. The first kappa shape index (κ1) is 14.5. The first-order valence-electron chi connectivity index (χ1n) is 6.29. The number of methoxy groups -OCH3 is 1. The molecule has 2 rings (SSSR count). The van der Waals surface area contributed by atoms with Gasteiger partial charge in [-0.3, -0.25) is 4.79 Å². The van der Waals surface area contributed by atoms with E-state index >= 15 is 0 Å². The van der Waals surface area contributed by atoms with Crippen molar-refractivity contribution in [2.75, 3.05) is 24.8 Å². The van der Waals surface area contributed by atoms with Crippen LogP contribution in [0.4, 0.5) is 5.69 Å². The van der Waals surface area contributed by atoms with E-state index in [-0.39, 0.29) is 5.91 Å². The zero-order valence-electron chi connectivity index (χ0n) is 11.6. The number of hydrogen-bond acceptors (Lipinski definition) is 3. The number of carbonyl (C=O) groups is 1. The standard InChI is InChI=1S/C16H17NO2S/c1-17(13-7-4-3-5-8-13)16(18)12-20-15-10-6-9-14(11-15)19-2/h3-11H,12H2,1-2H3. The highest BCUT2D eigenvalue weighted by Crippen LogP contribution is 2.23. The van der Waals surface area contributed by atoms with E-state index in [1.54, 1.807) is 19.1 Å². The van der Waals surface area contributed by atoms with Crippen molar-refractivity contribution in [1.82, 2.24) is 0 Å². The van der Waals surface area contributed by atoms with Crippen LogP contribution in [0.25, 0.3) is 0 Å². The summed E-state index contributed by atoms with van der Waals surface area (Å²) in [4.78, 5) is 14.8. The highest BCUT2D eigenvalue weighted by Gasteiger charge is 2.11. The molecule has 104 valence electrons. The zero-order valence-corrected chi connectivity index (χ0v) is 12.4. The van der Waals surface area contributed by atoms with Crippen LogP contribution in [-0.4, -0.2) is 25.8 Å². The number of anilines is 1. The van der Waals surface area contributed by atoms with Crippen LogP contribution in [0.5, 0.6) is 5.75 Å². The number of carbonyl (C=O) groups excluding carboxylic acids is 1. The van der Waals surface area contributed by atoms with Crippen LogP contribution >= 0.6 is 11.8 Å². The van der Waals surface area contributed by atoms with Crippen molar-refractivity contribution >= 4 is 23.4 Å². The molecule has 0 bridgehead atoms. The molecule has 20 heavy (non-hydrogen) atoms. The van der Waals surface area contributed by atoms with Crippen molar-refractivity contribution in [3.05, 3.63) is 54.6 Å².